The molecule has 0 radical (unpaired) electrons. The van der Waals surface area contributed by atoms with E-state index in [2.05, 4.69) is 12.1 Å². The molecule has 2 heterocycles. The molecule has 1 aromatic rings. The van der Waals surface area contributed by atoms with Gasteiger partial charge in [0.05, 0.1) is 0 Å². The lowest BCUT2D eigenvalue weighted by Gasteiger charge is -2.30. The van der Waals surface area contributed by atoms with E-state index in [0.29, 0.717) is 25.9 Å². The third-order valence-electron chi connectivity index (χ3n) is 4.68. The summed E-state index contributed by atoms with van der Waals surface area (Å²) in [6.07, 6.45) is 5.56. The quantitative estimate of drug-likeness (QED) is 0.858. The molecule has 2 aliphatic heterocycles. The van der Waals surface area contributed by atoms with Gasteiger partial charge in [0, 0.05) is 39.0 Å². The zero-order valence-corrected chi connectivity index (χ0v) is 13.1. The summed E-state index contributed by atoms with van der Waals surface area (Å²) in [6, 6.07) is 8.22. The highest BCUT2D eigenvalue weighted by Crippen LogP contribution is 2.20. The maximum Gasteiger partial charge on any atom is 0.222 e. The minimum atomic E-state index is 0.259. The van der Waals surface area contributed by atoms with Gasteiger partial charge >= 0.3 is 0 Å². The van der Waals surface area contributed by atoms with Gasteiger partial charge in [-0.05, 0) is 36.8 Å². The molecule has 0 aliphatic carbocycles. The maximum atomic E-state index is 12.0. The van der Waals surface area contributed by atoms with Crippen molar-refractivity contribution in [2.24, 2.45) is 0 Å². The Kier molecular flexibility index (Phi) is 4.76. The normalized spacial score (nSPS) is 19.6. The zero-order chi connectivity index (χ0) is 15.4. The van der Waals surface area contributed by atoms with E-state index in [-0.39, 0.29) is 11.8 Å². The molecule has 2 saturated heterocycles. The van der Waals surface area contributed by atoms with E-state index in [1.807, 2.05) is 21.9 Å². The molecule has 2 amide bonds. The van der Waals surface area contributed by atoms with Gasteiger partial charge in [0.15, 0.2) is 0 Å². The van der Waals surface area contributed by atoms with Gasteiger partial charge in [-0.2, -0.15) is 0 Å². The third-order valence-corrected chi connectivity index (χ3v) is 4.68. The molecular weight excluding hydrogens is 276 g/mol. The Labute approximate surface area is 132 Å². The largest absolute Gasteiger partial charge is 0.338 e. The van der Waals surface area contributed by atoms with Crippen molar-refractivity contribution in [1.82, 2.24) is 9.80 Å². The Bertz CT molecular complexity index is 507. The molecule has 0 N–H and O–H groups in total. The maximum absolute atomic E-state index is 12.0. The standard InChI is InChI=1S/C18H24N2O2/c21-17-9-3-5-11-19(17)13-15-7-1-2-8-16(15)14-20-12-6-4-10-18(20)22/h1-2,7-8H,3-6,9-14H2. The average molecular weight is 300 g/mol. The van der Waals surface area contributed by atoms with E-state index in [4.69, 9.17) is 0 Å². The van der Waals surface area contributed by atoms with E-state index in [9.17, 15) is 9.59 Å². The number of piperidine rings is 2. The summed E-state index contributed by atoms with van der Waals surface area (Å²) in [5.74, 6) is 0.519. The van der Waals surface area contributed by atoms with Crippen LogP contribution in [0.3, 0.4) is 0 Å². The van der Waals surface area contributed by atoms with Crippen molar-refractivity contribution in [2.75, 3.05) is 13.1 Å². The summed E-state index contributed by atoms with van der Waals surface area (Å²) in [5.41, 5.74) is 2.35. The summed E-state index contributed by atoms with van der Waals surface area (Å²) < 4.78 is 0. The lowest BCUT2D eigenvalue weighted by molar-refractivity contribution is -0.135. The Morgan fingerprint density at radius 1 is 0.727 bits per heavy atom. The van der Waals surface area contributed by atoms with Crippen LogP contribution in [0.25, 0.3) is 0 Å². The molecule has 0 bridgehead atoms. The number of carbonyl (C=O) groups is 2. The third kappa shape index (κ3) is 3.49. The smallest absolute Gasteiger partial charge is 0.222 e. The summed E-state index contributed by atoms with van der Waals surface area (Å²) in [5, 5.41) is 0. The van der Waals surface area contributed by atoms with Crippen molar-refractivity contribution in [3.63, 3.8) is 0 Å². The molecule has 0 atom stereocenters. The van der Waals surface area contributed by atoms with Crippen molar-refractivity contribution >= 4 is 11.8 Å². The van der Waals surface area contributed by atoms with Gasteiger partial charge in [-0.25, -0.2) is 0 Å². The summed E-state index contributed by atoms with van der Waals surface area (Å²) in [7, 11) is 0. The molecule has 22 heavy (non-hydrogen) atoms. The molecular formula is C18H24N2O2. The summed E-state index contributed by atoms with van der Waals surface area (Å²) in [4.78, 5) is 27.9. The Hall–Kier alpha value is -1.84. The molecule has 0 unspecified atom stereocenters. The van der Waals surface area contributed by atoms with Crippen molar-refractivity contribution < 1.29 is 9.59 Å². The molecule has 1 aromatic carbocycles. The lowest BCUT2D eigenvalue weighted by atomic mass is 10.0. The molecule has 118 valence electrons. The minimum absolute atomic E-state index is 0.259. The van der Waals surface area contributed by atoms with Crippen LogP contribution < -0.4 is 0 Å². The number of likely N-dealkylation sites (tertiary alicyclic amines) is 2. The predicted molar refractivity (Wildman–Crippen MR) is 85.0 cm³/mol. The highest BCUT2D eigenvalue weighted by molar-refractivity contribution is 5.77. The fourth-order valence-electron chi connectivity index (χ4n) is 3.34. The monoisotopic (exact) mass is 300 g/mol. The van der Waals surface area contributed by atoms with Gasteiger partial charge in [0.2, 0.25) is 11.8 Å². The minimum Gasteiger partial charge on any atom is -0.338 e. The van der Waals surface area contributed by atoms with Crippen molar-refractivity contribution in [3.8, 4) is 0 Å². The van der Waals surface area contributed by atoms with Crippen LogP contribution in [0.5, 0.6) is 0 Å². The molecule has 2 aliphatic rings. The second-order valence-electron chi connectivity index (χ2n) is 6.31. The van der Waals surface area contributed by atoms with Crippen LogP contribution in [0, 0.1) is 0 Å². The Balaban J connectivity index is 1.71. The Morgan fingerprint density at radius 3 is 1.59 bits per heavy atom. The fourth-order valence-corrected chi connectivity index (χ4v) is 3.34. The number of hydrogen-bond acceptors (Lipinski definition) is 2. The first-order chi connectivity index (χ1) is 10.7. The van der Waals surface area contributed by atoms with Gasteiger partial charge in [0.1, 0.15) is 0 Å². The molecule has 4 heteroatoms. The number of rotatable bonds is 4. The van der Waals surface area contributed by atoms with E-state index in [1.54, 1.807) is 0 Å². The first-order valence-electron chi connectivity index (χ1n) is 8.36. The highest BCUT2D eigenvalue weighted by atomic mass is 16.2. The van der Waals surface area contributed by atoms with Gasteiger partial charge in [-0.15, -0.1) is 0 Å². The van der Waals surface area contributed by atoms with Crippen LogP contribution in [0.2, 0.25) is 0 Å². The van der Waals surface area contributed by atoms with Crippen molar-refractivity contribution in [1.29, 1.82) is 0 Å². The van der Waals surface area contributed by atoms with E-state index in [1.165, 1.54) is 11.1 Å². The molecule has 0 aromatic heterocycles. The number of amides is 2. The second-order valence-corrected chi connectivity index (χ2v) is 6.31. The van der Waals surface area contributed by atoms with E-state index >= 15 is 0 Å². The van der Waals surface area contributed by atoms with Crippen LogP contribution >= 0.6 is 0 Å². The number of hydrogen-bond donors (Lipinski definition) is 0. The topological polar surface area (TPSA) is 40.6 Å². The highest BCUT2D eigenvalue weighted by Gasteiger charge is 2.21. The van der Waals surface area contributed by atoms with Crippen LogP contribution in [-0.4, -0.2) is 34.7 Å². The van der Waals surface area contributed by atoms with Crippen LogP contribution in [0.4, 0.5) is 0 Å². The first-order valence-corrected chi connectivity index (χ1v) is 8.36. The van der Waals surface area contributed by atoms with Gasteiger partial charge in [-0.3, -0.25) is 9.59 Å². The van der Waals surface area contributed by atoms with Crippen LogP contribution in [0.1, 0.15) is 49.7 Å². The average Bonchev–Trinajstić information content (AvgIpc) is 2.53. The van der Waals surface area contributed by atoms with Crippen LogP contribution in [-0.2, 0) is 22.7 Å². The van der Waals surface area contributed by atoms with Crippen molar-refractivity contribution in [2.45, 2.75) is 51.6 Å². The zero-order valence-electron chi connectivity index (χ0n) is 13.1. The summed E-state index contributed by atoms with van der Waals surface area (Å²) >= 11 is 0. The van der Waals surface area contributed by atoms with Gasteiger partial charge in [-0.1, -0.05) is 24.3 Å². The summed E-state index contributed by atoms with van der Waals surface area (Å²) in [6.45, 7) is 3.07. The number of carbonyl (C=O) groups excluding carboxylic acids is 2. The van der Waals surface area contributed by atoms with E-state index < -0.39 is 0 Å². The Morgan fingerprint density at radius 2 is 1.18 bits per heavy atom. The van der Waals surface area contributed by atoms with Crippen LogP contribution in [0.15, 0.2) is 24.3 Å². The second kappa shape index (κ2) is 6.95. The molecule has 3 rings (SSSR count). The molecule has 0 spiro atoms. The predicted octanol–water partition coefficient (Wildman–Crippen LogP) is 2.71. The first kappa shape index (κ1) is 15.1. The number of nitrogens with zero attached hydrogens (tertiary/aromatic N) is 2. The van der Waals surface area contributed by atoms with Crippen molar-refractivity contribution in [3.05, 3.63) is 35.4 Å². The SMILES string of the molecule is O=C1CCCCN1Cc1ccccc1CN1CCCCC1=O. The molecule has 2 fully saturated rings. The van der Waals surface area contributed by atoms with Gasteiger partial charge in [0.25, 0.3) is 0 Å². The fraction of sp³-hybridized carbons (Fsp3) is 0.556. The van der Waals surface area contributed by atoms with E-state index in [0.717, 1.165) is 38.8 Å². The molecule has 4 nitrogen and oxygen atoms in total. The lowest BCUT2D eigenvalue weighted by Crippen LogP contribution is -2.36. The van der Waals surface area contributed by atoms with Gasteiger partial charge < -0.3 is 9.80 Å². The molecule has 0 saturated carbocycles. The number of benzene rings is 1.